The lowest BCUT2D eigenvalue weighted by molar-refractivity contribution is -0.151. The van der Waals surface area contributed by atoms with Gasteiger partial charge in [-0.1, -0.05) is 12.1 Å². The van der Waals surface area contributed by atoms with Crippen LogP contribution in [0.15, 0.2) is 29.2 Å². The van der Waals surface area contributed by atoms with Gasteiger partial charge in [0.05, 0.1) is 11.5 Å². The minimum absolute atomic E-state index is 0.205. The van der Waals surface area contributed by atoms with Crippen LogP contribution in [0.3, 0.4) is 0 Å². The number of esters is 1. The van der Waals surface area contributed by atoms with E-state index in [4.69, 9.17) is 4.74 Å². The van der Waals surface area contributed by atoms with Crippen molar-refractivity contribution in [3.8, 4) is 0 Å². The standard InChI is InChI=1S/C14H18O5S/c1-4-19-14(16)13(10(2)15)9-11-5-7-12(8-6-11)20(3,17)18/h5-8,13H,4,9H2,1-3H3. The van der Waals surface area contributed by atoms with E-state index >= 15 is 0 Å². The Balaban J connectivity index is 2.90. The summed E-state index contributed by atoms with van der Waals surface area (Å²) in [5, 5.41) is 0. The van der Waals surface area contributed by atoms with Crippen LogP contribution in [-0.4, -0.2) is 33.0 Å². The van der Waals surface area contributed by atoms with E-state index in [0.29, 0.717) is 5.56 Å². The molecular formula is C14H18O5S. The maximum Gasteiger partial charge on any atom is 0.316 e. The molecule has 1 aromatic carbocycles. The first kappa shape index (κ1) is 16.4. The molecule has 5 nitrogen and oxygen atoms in total. The fraction of sp³-hybridized carbons (Fsp3) is 0.429. The number of carbonyl (C=O) groups excluding carboxylic acids is 2. The number of ether oxygens (including phenoxy) is 1. The van der Waals surface area contributed by atoms with Gasteiger partial charge in [0.25, 0.3) is 0 Å². The van der Waals surface area contributed by atoms with Crippen LogP contribution < -0.4 is 0 Å². The molecule has 0 heterocycles. The van der Waals surface area contributed by atoms with Crippen molar-refractivity contribution in [3.05, 3.63) is 29.8 Å². The van der Waals surface area contributed by atoms with Crippen molar-refractivity contribution in [2.75, 3.05) is 12.9 Å². The number of ketones is 1. The van der Waals surface area contributed by atoms with Crippen molar-refractivity contribution in [2.24, 2.45) is 5.92 Å². The molecule has 0 saturated heterocycles. The summed E-state index contributed by atoms with van der Waals surface area (Å²) in [7, 11) is -3.25. The van der Waals surface area contributed by atoms with Crippen molar-refractivity contribution >= 4 is 21.6 Å². The van der Waals surface area contributed by atoms with Gasteiger partial charge in [-0.3, -0.25) is 9.59 Å². The summed E-state index contributed by atoms with van der Waals surface area (Å²) in [5.74, 6) is -1.66. The molecule has 0 bridgehead atoms. The number of carbonyl (C=O) groups is 2. The minimum atomic E-state index is -3.25. The fourth-order valence-corrected chi connectivity index (χ4v) is 2.37. The van der Waals surface area contributed by atoms with Crippen LogP contribution in [-0.2, 0) is 30.6 Å². The van der Waals surface area contributed by atoms with E-state index in [0.717, 1.165) is 6.26 Å². The molecule has 0 saturated carbocycles. The quantitative estimate of drug-likeness (QED) is 0.586. The average molecular weight is 298 g/mol. The van der Waals surface area contributed by atoms with Crippen molar-refractivity contribution in [2.45, 2.75) is 25.2 Å². The second-order valence-electron chi connectivity index (χ2n) is 4.54. The Morgan fingerprint density at radius 3 is 2.15 bits per heavy atom. The van der Waals surface area contributed by atoms with Gasteiger partial charge in [-0.2, -0.15) is 0 Å². The van der Waals surface area contributed by atoms with Crippen LogP contribution >= 0.6 is 0 Å². The molecule has 1 rings (SSSR count). The van der Waals surface area contributed by atoms with Crippen molar-refractivity contribution in [1.29, 1.82) is 0 Å². The van der Waals surface area contributed by atoms with Crippen LogP contribution in [0.25, 0.3) is 0 Å². The Kier molecular flexibility index (Phi) is 5.44. The summed E-state index contributed by atoms with van der Waals surface area (Å²) in [5.41, 5.74) is 0.714. The zero-order chi connectivity index (χ0) is 15.3. The number of hydrogen-bond donors (Lipinski definition) is 0. The average Bonchev–Trinajstić information content (AvgIpc) is 2.35. The molecule has 1 aromatic rings. The summed E-state index contributed by atoms with van der Waals surface area (Å²) in [6.45, 7) is 3.23. The Bertz CT molecular complexity index is 586. The fourth-order valence-electron chi connectivity index (χ4n) is 1.74. The maximum absolute atomic E-state index is 11.7. The van der Waals surface area contributed by atoms with E-state index in [1.54, 1.807) is 19.1 Å². The second-order valence-corrected chi connectivity index (χ2v) is 6.55. The molecule has 0 N–H and O–H groups in total. The molecule has 0 aliphatic heterocycles. The molecule has 0 aliphatic rings. The molecule has 6 heteroatoms. The highest BCUT2D eigenvalue weighted by Gasteiger charge is 2.25. The van der Waals surface area contributed by atoms with E-state index in [9.17, 15) is 18.0 Å². The third-order valence-electron chi connectivity index (χ3n) is 2.85. The number of hydrogen-bond acceptors (Lipinski definition) is 5. The molecule has 20 heavy (non-hydrogen) atoms. The van der Waals surface area contributed by atoms with Crippen LogP contribution in [0.4, 0.5) is 0 Å². The first-order valence-corrected chi connectivity index (χ1v) is 8.11. The predicted octanol–water partition coefficient (Wildman–Crippen LogP) is 1.40. The van der Waals surface area contributed by atoms with E-state index in [1.807, 2.05) is 0 Å². The summed E-state index contributed by atoms with van der Waals surface area (Å²) in [6.07, 6.45) is 1.33. The molecule has 0 amide bonds. The van der Waals surface area contributed by atoms with Crippen LogP contribution in [0.2, 0.25) is 0 Å². The molecule has 0 spiro atoms. The lowest BCUT2D eigenvalue weighted by atomic mass is 9.96. The van der Waals surface area contributed by atoms with Gasteiger partial charge >= 0.3 is 5.97 Å². The highest BCUT2D eigenvalue weighted by atomic mass is 32.2. The second kappa shape index (κ2) is 6.65. The first-order chi connectivity index (χ1) is 9.25. The predicted molar refractivity (Wildman–Crippen MR) is 74.1 cm³/mol. The molecule has 0 fully saturated rings. The summed E-state index contributed by atoms with van der Waals surface area (Å²) in [6, 6.07) is 6.14. The van der Waals surface area contributed by atoms with Crippen LogP contribution in [0.1, 0.15) is 19.4 Å². The lowest BCUT2D eigenvalue weighted by Gasteiger charge is -2.12. The molecule has 1 atom stereocenters. The smallest absolute Gasteiger partial charge is 0.316 e. The SMILES string of the molecule is CCOC(=O)C(Cc1ccc(S(C)(=O)=O)cc1)C(C)=O. The third-order valence-corrected chi connectivity index (χ3v) is 3.98. The zero-order valence-electron chi connectivity index (χ0n) is 11.8. The van der Waals surface area contributed by atoms with Gasteiger partial charge in [0.2, 0.25) is 0 Å². The highest BCUT2D eigenvalue weighted by Crippen LogP contribution is 2.15. The van der Waals surface area contributed by atoms with Gasteiger partial charge in [-0.15, -0.1) is 0 Å². The van der Waals surface area contributed by atoms with Gasteiger partial charge in [-0.25, -0.2) is 8.42 Å². The zero-order valence-corrected chi connectivity index (χ0v) is 12.6. The third kappa shape index (κ3) is 4.45. The Labute approximate surface area is 118 Å². The first-order valence-electron chi connectivity index (χ1n) is 6.21. The topological polar surface area (TPSA) is 77.5 Å². The van der Waals surface area contributed by atoms with Gasteiger partial charge in [-0.05, 0) is 38.0 Å². The van der Waals surface area contributed by atoms with E-state index in [2.05, 4.69) is 0 Å². The van der Waals surface area contributed by atoms with Gasteiger partial charge in [0.1, 0.15) is 11.7 Å². The molecular weight excluding hydrogens is 280 g/mol. The maximum atomic E-state index is 11.7. The molecule has 110 valence electrons. The minimum Gasteiger partial charge on any atom is -0.465 e. The molecule has 0 radical (unpaired) electrons. The Morgan fingerprint density at radius 2 is 1.75 bits per heavy atom. The monoisotopic (exact) mass is 298 g/mol. The molecule has 0 aliphatic carbocycles. The van der Waals surface area contributed by atoms with E-state index < -0.39 is 21.7 Å². The Morgan fingerprint density at radius 1 is 1.20 bits per heavy atom. The normalized spacial score (nSPS) is 12.8. The van der Waals surface area contributed by atoms with Gasteiger partial charge < -0.3 is 4.74 Å². The molecule has 1 unspecified atom stereocenters. The van der Waals surface area contributed by atoms with Crippen molar-refractivity contribution in [3.63, 3.8) is 0 Å². The number of rotatable bonds is 6. The lowest BCUT2D eigenvalue weighted by Crippen LogP contribution is -2.26. The van der Waals surface area contributed by atoms with Crippen molar-refractivity contribution < 1.29 is 22.7 Å². The van der Waals surface area contributed by atoms with Crippen LogP contribution in [0.5, 0.6) is 0 Å². The van der Waals surface area contributed by atoms with Gasteiger partial charge in [0, 0.05) is 6.26 Å². The number of sulfone groups is 1. The van der Waals surface area contributed by atoms with Crippen LogP contribution in [0, 0.1) is 5.92 Å². The Hall–Kier alpha value is -1.69. The number of Topliss-reactive ketones (excluding diaryl/α,β-unsaturated/α-hetero) is 1. The number of benzene rings is 1. The van der Waals surface area contributed by atoms with E-state index in [1.165, 1.54) is 19.1 Å². The summed E-state index contributed by atoms with van der Waals surface area (Å²) in [4.78, 5) is 23.4. The van der Waals surface area contributed by atoms with Gasteiger partial charge in [0.15, 0.2) is 9.84 Å². The molecule has 0 aromatic heterocycles. The summed E-state index contributed by atoms with van der Waals surface area (Å²) >= 11 is 0. The van der Waals surface area contributed by atoms with E-state index in [-0.39, 0.29) is 23.7 Å². The largest absolute Gasteiger partial charge is 0.465 e. The summed E-state index contributed by atoms with van der Waals surface area (Å²) < 4.78 is 27.5. The van der Waals surface area contributed by atoms with Crippen molar-refractivity contribution in [1.82, 2.24) is 0 Å². The highest BCUT2D eigenvalue weighted by molar-refractivity contribution is 7.90.